The summed E-state index contributed by atoms with van der Waals surface area (Å²) in [6.07, 6.45) is 0.144. The number of hydrazine groups is 1. The van der Waals surface area contributed by atoms with Crippen molar-refractivity contribution in [3.05, 3.63) is 0 Å². The van der Waals surface area contributed by atoms with Crippen LogP contribution in [0.3, 0.4) is 0 Å². The van der Waals surface area contributed by atoms with E-state index in [4.69, 9.17) is 4.74 Å². The van der Waals surface area contributed by atoms with E-state index in [0.717, 1.165) is 0 Å². The molecule has 0 rings (SSSR count). The molecule has 3 amide bonds. The average molecular weight is 301 g/mol. The van der Waals surface area contributed by atoms with Gasteiger partial charge in [-0.1, -0.05) is 13.8 Å². The van der Waals surface area contributed by atoms with Gasteiger partial charge < -0.3 is 10.1 Å². The zero-order valence-electron chi connectivity index (χ0n) is 13.7. The van der Waals surface area contributed by atoms with Gasteiger partial charge in [-0.05, 0) is 33.1 Å². The predicted octanol–water partition coefficient (Wildman–Crippen LogP) is 1.48. The molecule has 7 nitrogen and oxygen atoms in total. The number of carbonyl (C=O) groups excluding carboxylic acids is 3. The summed E-state index contributed by atoms with van der Waals surface area (Å²) in [7, 11) is 0. The number of rotatable bonds is 5. The number of nitrogens with one attached hydrogen (secondary N) is 3. The van der Waals surface area contributed by atoms with Gasteiger partial charge in [-0.3, -0.25) is 20.4 Å². The lowest BCUT2D eigenvalue weighted by Gasteiger charge is -2.24. The molecule has 0 fully saturated rings. The van der Waals surface area contributed by atoms with Crippen molar-refractivity contribution in [2.75, 3.05) is 0 Å². The van der Waals surface area contributed by atoms with Crippen LogP contribution >= 0.6 is 0 Å². The van der Waals surface area contributed by atoms with Crippen LogP contribution in [0.5, 0.6) is 0 Å². The van der Waals surface area contributed by atoms with Crippen LogP contribution < -0.4 is 16.2 Å². The minimum Gasteiger partial charge on any atom is -0.444 e. The van der Waals surface area contributed by atoms with Crippen molar-refractivity contribution in [2.24, 2.45) is 5.92 Å². The highest BCUT2D eigenvalue weighted by molar-refractivity contribution is 5.81. The fraction of sp³-hybridized carbons (Fsp3) is 0.786. The van der Waals surface area contributed by atoms with Gasteiger partial charge in [-0.25, -0.2) is 4.79 Å². The van der Waals surface area contributed by atoms with Crippen molar-refractivity contribution in [1.82, 2.24) is 16.2 Å². The van der Waals surface area contributed by atoms with E-state index in [9.17, 15) is 14.4 Å². The van der Waals surface area contributed by atoms with Crippen LogP contribution in [0.4, 0.5) is 4.79 Å². The first kappa shape index (κ1) is 19.2. The van der Waals surface area contributed by atoms with E-state index >= 15 is 0 Å². The molecule has 0 aromatic carbocycles. The van der Waals surface area contributed by atoms with Gasteiger partial charge >= 0.3 is 6.09 Å². The summed E-state index contributed by atoms with van der Waals surface area (Å²) in [5.74, 6) is -0.422. The first-order chi connectivity index (χ1) is 9.49. The lowest BCUT2D eigenvalue weighted by atomic mass is 10.0. The third-order valence-electron chi connectivity index (χ3n) is 2.29. The average Bonchev–Trinajstić information content (AvgIpc) is 2.22. The smallest absolute Gasteiger partial charge is 0.407 e. The molecule has 0 aliphatic carbocycles. The van der Waals surface area contributed by atoms with E-state index in [1.165, 1.54) is 6.92 Å². The third-order valence-corrected chi connectivity index (χ3v) is 2.29. The van der Waals surface area contributed by atoms with Crippen molar-refractivity contribution in [1.29, 1.82) is 0 Å². The number of alkyl carbamates (subject to hydrolysis) is 1. The summed E-state index contributed by atoms with van der Waals surface area (Å²) in [6, 6.07) is -0.353. The zero-order chi connectivity index (χ0) is 16.6. The van der Waals surface area contributed by atoms with Crippen LogP contribution in [0.1, 0.15) is 54.4 Å². The van der Waals surface area contributed by atoms with Crippen LogP contribution in [0.25, 0.3) is 0 Å². The van der Waals surface area contributed by atoms with Gasteiger partial charge in [0, 0.05) is 19.4 Å². The largest absolute Gasteiger partial charge is 0.444 e. The van der Waals surface area contributed by atoms with Crippen molar-refractivity contribution in [2.45, 2.75) is 66.0 Å². The fourth-order valence-corrected chi connectivity index (χ4v) is 1.67. The second-order valence-corrected chi connectivity index (χ2v) is 6.41. The van der Waals surface area contributed by atoms with Crippen molar-refractivity contribution >= 4 is 17.9 Å². The molecule has 0 spiro atoms. The highest BCUT2D eigenvalue weighted by Crippen LogP contribution is 2.11. The summed E-state index contributed by atoms with van der Waals surface area (Å²) in [5, 5.41) is 2.69. The first-order valence-corrected chi connectivity index (χ1v) is 7.04. The van der Waals surface area contributed by atoms with Gasteiger partial charge in [0.05, 0.1) is 0 Å². The van der Waals surface area contributed by atoms with E-state index in [1.54, 1.807) is 20.8 Å². The summed E-state index contributed by atoms with van der Waals surface area (Å²) < 4.78 is 5.18. The van der Waals surface area contributed by atoms with E-state index in [-0.39, 0.29) is 24.3 Å². The monoisotopic (exact) mass is 301 g/mol. The Labute approximate surface area is 126 Å². The Balaban J connectivity index is 4.48. The molecule has 3 N–H and O–H groups in total. The number of amides is 3. The zero-order valence-corrected chi connectivity index (χ0v) is 13.7. The summed E-state index contributed by atoms with van der Waals surface area (Å²) >= 11 is 0. The van der Waals surface area contributed by atoms with Crippen LogP contribution in [0.2, 0.25) is 0 Å². The Morgan fingerprint density at radius 2 is 1.67 bits per heavy atom. The maximum absolute atomic E-state index is 11.8. The molecular weight excluding hydrogens is 274 g/mol. The van der Waals surface area contributed by atoms with E-state index in [1.807, 2.05) is 13.8 Å². The Hall–Kier alpha value is -1.79. The molecule has 0 radical (unpaired) electrons. The van der Waals surface area contributed by atoms with E-state index in [0.29, 0.717) is 12.3 Å². The fourth-order valence-electron chi connectivity index (χ4n) is 1.67. The molecule has 0 unspecified atom stereocenters. The standard InChI is InChI=1S/C14H27N3O4/c1-9(2)7-11(8-12(19)17-16-10(3)18)15-13(20)21-14(4,5)6/h9,11H,7-8H2,1-6H3,(H,15,20)(H,16,18)(H,17,19)/t11-/m0/s1. The van der Waals surface area contributed by atoms with Gasteiger partial charge in [0.15, 0.2) is 0 Å². The molecular formula is C14H27N3O4. The quantitative estimate of drug-likeness (QED) is 0.670. The van der Waals surface area contributed by atoms with E-state index < -0.39 is 11.7 Å². The molecule has 0 aliphatic heterocycles. The molecule has 122 valence electrons. The van der Waals surface area contributed by atoms with E-state index in [2.05, 4.69) is 16.2 Å². The SMILES string of the molecule is CC(=O)NNC(=O)C[C@H](CC(C)C)NC(=O)OC(C)(C)C. The first-order valence-electron chi connectivity index (χ1n) is 7.04. The van der Waals surface area contributed by atoms with Crippen LogP contribution in [-0.2, 0) is 14.3 Å². The van der Waals surface area contributed by atoms with Gasteiger partial charge in [0.2, 0.25) is 11.8 Å². The van der Waals surface area contributed by atoms with Gasteiger partial charge in [-0.15, -0.1) is 0 Å². The number of hydrogen-bond donors (Lipinski definition) is 3. The maximum Gasteiger partial charge on any atom is 0.407 e. The normalized spacial score (nSPS) is 12.5. The van der Waals surface area contributed by atoms with Gasteiger partial charge in [0.1, 0.15) is 5.60 Å². The summed E-state index contributed by atoms with van der Waals surface area (Å²) in [4.78, 5) is 34.2. The molecule has 0 aromatic rings. The molecule has 21 heavy (non-hydrogen) atoms. The highest BCUT2D eigenvalue weighted by Gasteiger charge is 2.22. The predicted molar refractivity (Wildman–Crippen MR) is 79.2 cm³/mol. The van der Waals surface area contributed by atoms with Crippen LogP contribution in [0, 0.1) is 5.92 Å². The molecule has 0 aromatic heterocycles. The molecule has 0 bridgehead atoms. The Bertz CT molecular complexity index is 375. The van der Waals surface area contributed by atoms with Crippen molar-refractivity contribution in [3.63, 3.8) is 0 Å². The molecule has 0 aliphatic rings. The second-order valence-electron chi connectivity index (χ2n) is 6.41. The number of ether oxygens (including phenoxy) is 1. The van der Waals surface area contributed by atoms with Gasteiger partial charge in [0.25, 0.3) is 0 Å². The molecule has 0 saturated carbocycles. The topological polar surface area (TPSA) is 96.5 Å². The Morgan fingerprint density at radius 1 is 1.10 bits per heavy atom. The maximum atomic E-state index is 11.8. The van der Waals surface area contributed by atoms with Crippen molar-refractivity contribution in [3.8, 4) is 0 Å². The lowest BCUT2D eigenvalue weighted by Crippen LogP contribution is -2.46. The minimum absolute atomic E-state index is 0.0672. The second kappa shape index (κ2) is 8.49. The molecule has 7 heteroatoms. The number of carbonyl (C=O) groups is 3. The third kappa shape index (κ3) is 11.7. The van der Waals surface area contributed by atoms with Crippen LogP contribution in [-0.4, -0.2) is 29.6 Å². The molecule has 1 atom stereocenters. The Kier molecular flexibility index (Phi) is 7.76. The molecule has 0 saturated heterocycles. The number of hydrogen-bond acceptors (Lipinski definition) is 4. The summed E-state index contributed by atoms with van der Waals surface area (Å²) in [5.41, 5.74) is 3.90. The van der Waals surface area contributed by atoms with Gasteiger partial charge in [-0.2, -0.15) is 0 Å². The van der Waals surface area contributed by atoms with Crippen molar-refractivity contribution < 1.29 is 19.1 Å². The lowest BCUT2D eigenvalue weighted by molar-refractivity contribution is -0.128. The highest BCUT2D eigenvalue weighted by atomic mass is 16.6. The minimum atomic E-state index is -0.592. The molecule has 0 heterocycles. The summed E-state index contributed by atoms with van der Waals surface area (Å²) in [6.45, 7) is 10.6. The van der Waals surface area contributed by atoms with Crippen LogP contribution in [0.15, 0.2) is 0 Å². The Morgan fingerprint density at radius 3 is 2.10 bits per heavy atom.